The van der Waals surface area contributed by atoms with E-state index in [1.165, 1.54) is 62.8 Å². The summed E-state index contributed by atoms with van der Waals surface area (Å²) in [7, 11) is 8.09. The molecule has 244 valence electrons. The first kappa shape index (κ1) is 29.2. The molecule has 12 rings (SSSR count). The average Bonchev–Trinajstić information content (AvgIpc) is 3.72. The zero-order valence-electron chi connectivity index (χ0n) is 25.6. The number of likely N-dealkylation sites (N-methyl/N-ethyl adjacent to an activating group) is 2. The number of piperazine rings is 2. The van der Waals surface area contributed by atoms with E-state index in [0.717, 1.165) is 0 Å². The highest BCUT2D eigenvalue weighted by molar-refractivity contribution is 8.78. The summed E-state index contributed by atoms with van der Waals surface area (Å²) in [6.45, 7) is 3.58. The maximum absolute atomic E-state index is 14.9. The Balaban J connectivity index is 1.35. The first-order valence-electron chi connectivity index (χ1n) is 15.5. The monoisotopic (exact) mass is 710 g/mol. The summed E-state index contributed by atoms with van der Waals surface area (Å²) in [5.74, 6) is -1.46. The largest absolute Gasteiger partial charge is 0.388 e. The van der Waals surface area contributed by atoms with Crippen molar-refractivity contribution in [1.82, 2.24) is 19.6 Å². The van der Waals surface area contributed by atoms with Gasteiger partial charge in [0.1, 0.15) is 24.5 Å². The van der Waals surface area contributed by atoms with Crippen LogP contribution in [0.2, 0.25) is 0 Å². The van der Waals surface area contributed by atoms with Gasteiger partial charge in [-0.3, -0.25) is 29.0 Å². The van der Waals surface area contributed by atoms with Crippen LogP contribution in [0.1, 0.15) is 31.4 Å². The van der Waals surface area contributed by atoms with Crippen LogP contribution in [0, 0.1) is 0 Å². The normalized spacial score (nSPS) is 46.3. The third-order valence-electron chi connectivity index (χ3n) is 12.4. The minimum absolute atomic E-state index is 0.307. The van der Waals surface area contributed by atoms with Crippen LogP contribution in [0.25, 0.3) is 0 Å². The number of carbonyl (C=O) groups excluding carboxylic acids is 4. The van der Waals surface area contributed by atoms with Gasteiger partial charge in [0.15, 0.2) is 9.74 Å². The van der Waals surface area contributed by atoms with Gasteiger partial charge < -0.3 is 30.6 Å². The van der Waals surface area contributed by atoms with E-state index in [2.05, 4.69) is 10.6 Å². The van der Waals surface area contributed by atoms with Crippen molar-refractivity contribution >= 4 is 78.2 Å². The highest BCUT2D eigenvalue weighted by Crippen LogP contribution is 2.78. The van der Waals surface area contributed by atoms with Crippen molar-refractivity contribution in [3.63, 3.8) is 0 Å². The van der Waals surface area contributed by atoms with Crippen molar-refractivity contribution in [1.29, 1.82) is 0 Å². The second-order valence-electron chi connectivity index (χ2n) is 13.7. The van der Waals surface area contributed by atoms with Crippen LogP contribution in [-0.2, 0) is 30.0 Å². The van der Waals surface area contributed by atoms with E-state index in [1.54, 1.807) is 21.0 Å². The van der Waals surface area contributed by atoms with Crippen molar-refractivity contribution in [2.24, 2.45) is 0 Å². The lowest BCUT2D eigenvalue weighted by molar-refractivity contribution is -0.167. The molecule has 16 heteroatoms. The number of para-hydroxylation sites is 2. The van der Waals surface area contributed by atoms with Gasteiger partial charge in [0.05, 0.1) is 10.8 Å². The SMILES string of the molecule is CC[C@@]12SS[C@]3(C(=O)N1C)[C@@H](O)C1(C45c6ccccc6N[C@@H]4N4C(=O)[C@]6(C)SS[C@]4(C(=O)N6C)[C@H]5O)c4ccccc4N[C@@H]1N3C2=O. The molecule has 4 N–H and O–H groups in total. The summed E-state index contributed by atoms with van der Waals surface area (Å²) in [4.78, 5) is 58.8. The zero-order chi connectivity index (χ0) is 32.8. The number of nitrogens with zero attached hydrogens (tertiary/aromatic N) is 4. The minimum Gasteiger partial charge on any atom is -0.388 e. The number of nitrogens with one attached hydrogen (secondary N) is 2. The van der Waals surface area contributed by atoms with Gasteiger partial charge in [-0.25, -0.2) is 0 Å². The number of hydrogen-bond acceptors (Lipinski definition) is 12. The summed E-state index contributed by atoms with van der Waals surface area (Å²) in [6.07, 6.45) is -4.86. The second-order valence-corrected chi connectivity index (χ2v) is 19.0. The van der Waals surface area contributed by atoms with E-state index in [-0.39, 0.29) is 11.8 Å². The predicted molar refractivity (Wildman–Crippen MR) is 180 cm³/mol. The molecular weight excluding hydrogens is 681 g/mol. The van der Waals surface area contributed by atoms with Gasteiger partial charge in [-0.2, -0.15) is 0 Å². The molecule has 0 aromatic heterocycles. The smallest absolute Gasteiger partial charge is 0.264 e. The van der Waals surface area contributed by atoms with Crippen molar-refractivity contribution in [3.05, 3.63) is 59.7 Å². The fourth-order valence-electron chi connectivity index (χ4n) is 10.2. The predicted octanol–water partition coefficient (Wildman–Crippen LogP) is 1.72. The number of fused-ring (bicyclic) bond motifs is 11. The first-order chi connectivity index (χ1) is 22.4. The Morgan fingerprint density at radius 2 is 1.15 bits per heavy atom. The molecular formula is C31H30N6O6S4. The molecule has 10 aliphatic rings. The molecule has 12 nitrogen and oxygen atoms in total. The lowest BCUT2D eigenvalue weighted by Gasteiger charge is -2.58. The van der Waals surface area contributed by atoms with E-state index in [9.17, 15) is 29.4 Å². The number of benzene rings is 2. The molecule has 2 aromatic rings. The molecule has 8 fully saturated rings. The molecule has 0 radical (unpaired) electrons. The maximum atomic E-state index is 14.9. The maximum Gasteiger partial charge on any atom is 0.264 e. The van der Waals surface area contributed by atoms with E-state index >= 15 is 0 Å². The van der Waals surface area contributed by atoms with Crippen LogP contribution in [0.5, 0.6) is 0 Å². The number of aliphatic hydroxyl groups is 2. The van der Waals surface area contributed by atoms with Crippen molar-refractivity contribution in [3.8, 4) is 0 Å². The van der Waals surface area contributed by atoms with Gasteiger partial charge in [0.2, 0.25) is 9.74 Å². The standard InChI is InChI=1S/C31H30N6O6S4/c1-5-27-23(41)37-21-29(15-11-7-9-13-17(15)33-21,19(39)31(37,47-45-27)25(43)35(27)4)28-14-10-6-8-12-16(14)32-20(28)36-22(40)26(2)34(3)24(42)30(36,18(28)38)46-44-26/h6-13,18-21,32-33,38-39H,5H2,1-4H3/t18-,19-,20+,21+,26-,27-,28?,29?,30-,31-/m0/s1. The van der Waals surface area contributed by atoms with E-state index in [4.69, 9.17) is 0 Å². The van der Waals surface area contributed by atoms with Gasteiger partial charge in [-0.05, 0) is 58.2 Å². The molecule has 0 saturated carbocycles. The molecule has 10 aliphatic heterocycles. The Kier molecular flexibility index (Phi) is 5.17. The van der Waals surface area contributed by atoms with Gasteiger partial charge in [0.25, 0.3) is 23.6 Å². The summed E-state index contributed by atoms with van der Waals surface area (Å²) in [6, 6.07) is 14.8. The van der Waals surface area contributed by atoms with Crippen LogP contribution in [0.15, 0.2) is 48.5 Å². The molecule has 2 aromatic carbocycles. The Hall–Kier alpha value is -2.76. The summed E-state index contributed by atoms with van der Waals surface area (Å²) >= 11 is 0. The van der Waals surface area contributed by atoms with E-state index in [1.807, 2.05) is 55.5 Å². The van der Waals surface area contributed by atoms with E-state index < -0.39 is 66.7 Å². The highest BCUT2D eigenvalue weighted by Gasteiger charge is 2.93. The van der Waals surface area contributed by atoms with Crippen LogP contribution in [0.3, 0.4) is 0 Å². The van der Waals surface area contributed by atoms with Crippen LogP contribution in [0.4, 0.5) is 11.4 Å². The Bertz CT molecular complexity index is 1920. The quantitative estimate of drug-likeness (QED) is 0.337. The van der Waals surface area contributed by atoms with Gasteiger partial charge in [-0.15, -0.1) is 0 Å². The Morgan fingerprint density at radius 1 is 0.681 bits per heavy atom. The topological polar surface area (TPSA) is 146 Å². The lowest BCUT2D eigenvalue weighted by Crippen LogP contribution is -2.78. The number of anilines is 2. The van der Waals surface area contributed by atoms with Crippen LogP contribution < -0.4 is 10.6 Å². The second kappa shape index (κ2) is 8.33. The fourth-order valence-corrected chi connectivity index (χ4v) is 17.6. The summed E-state index contributed by atoms with van der Waals surface area (Å²) < 4.78 is 0. The molecule has 8 saturated heterocycles. The van der Waals surface area contributed by atoms with Crippen LogP contribution in [-0.4, -0.2) is 112 Å². The van der Waals surface area contributed by atoms with Crippen molar-refractivity contribution in [2.45, 2.75) is 75.1 Å². The molecule has 2 spiro atoms. The van der Waals surface area contributed by atoms with Gasteiger partial charge >= 0.3 is 0 Å². The summed E-state index contributed by atoms with van der Waals surface area (Å²) in [5, 5.41) is 33.8. The minimum atomic E-state index is -1.76. The van der Waals surface area contributed by atoms with Gasteiger partial charge in [-0.1, -0.05) is 64.9 Å². The number of hydrogen-bond donors (Lipinski definition) is 4. The van der Waals surface area contributed by atoms with E-state index in [0.29, 0.717) is 28.9 Å². The molecule has 4 bridgehead atoms. The highest BCUT2D eigenvalue weighted by atomic mass is 33.1. The molecule has 0 aliphatic carbocycles. The number of amides is 4. The third kappa shape index (κ3) is 2.45. The summed E-state index contributed by atoms with van der Waals surface area (Å²) in [5.41, 5.74) is -0.761. The first-order valence-corrected chi connectivity index (χ1v) is 19.8. The third-order valence-corrected chi connectivity index (χ3v) is 19.9. The molecule has 47 heavy (non-hydrogen) atoms. The average molecular weight is 711 g/mol. The van der Waals surface area contributed by atoms with Crippen molar-refractivity contribution in [2.75, 3.05) is 24.7 Å². The molecule has 10 heterocycles. The number of rotatable bonds is 2. The number of aliphatic hydroxyl groups excluding tert-OH is 2. The fraction of sp³-hybridized carbons (Fsp3) is 0.484. The number of carbonyl (C=O) groups is 4. The lowest BCUT2D eigenvalue weighted by atomic mass is 9.52. The Morgan fingerprint density at radius 3 is 1.68 bits per heavy atom. The molecule has 10 atom stereocenters. The molecule has 2 unspecified atom stereocenters. The zero-order valence-corrected chi connectivity index (χ0v) is 28.9. The van der Waals surface area contributed by atoms with Crippen molar-refractivity contribution < 1.29 is 29.4 Å². The Labute approximate surface area is 285 Å². The van der Waals surface area contributed by atoms with Gasteiger partial charge in [0, 0.05) is 25.5 Å². The molecule has 4 amide bonds. The van der Waals surface area contributed by atoms with Crippen LogP contribution >= 0.6 is 43.2 Å².